The summed E-state index contributed by atoms with van der Waals surface area (Å²) in [5.41, 5.74) is -0.531. The Morgan fingerprint density at radius 3 is 2.43 bits per heavy atom. The summed E-state index contributed by atoms with van der Waals surface area (Å²) in [7, 11) is 1.41. The lowest BCUT2D eigenvalue weighted by atomic mass is 9.90. The third-order valence-electron chi connectivity index (χ3n) is 3.71. The number of nitrogens with zero attached hydrogens (tertiary/aromatic N) is 2. The van der Waals surface area contributed by atoms with E-state index in [9.17, 15) is 14.4 Å². The molecule has 0 spiro atoms. The fourth-order valence-corrected chi connectivity index (χ4v) is 2.50. The number of urea groups is 1. The Labute approximate surface area is 123 Å². The Morgan fingerprint density at radius 2 is 1.86 bits per heavy atom. The zero-order valence-corrected chi connectivity index (χ0v) is 12.3. The van der Waals surface area contributed by atoms with Gasteiger partial charge in [-0.15, -0.1) is 0 Å². The molecule has 0 saturated carbocycles. The summed E-state index contributed by atoms with van der Waals surface area (Å²) in [4.78, 5) is 38.8. The number of imide groups is 1. The molecule has 1 aliphatic rings. The molecule has 0 aromatic heterocycles. The number of carbonyl (C=O) groups excluding carboxylic acids is 3. The van der Waals surface area contributed by atoms with Crippen LogP contribution in [-0.2, 0) is 19.9 Å². The van der Waals surface area contributed by atoms with E-state index < -0.39 is 17.5 Å². The molecule has 1 fully saturated rings. The van der Waals surface area contributed by atoms with E-state index in [1.165, 1.54) is 11.9 Å². The molecule has 6 nitrogen and oxygen atoms in total. The summed E-state index contributed by atoms with van der Waals surface area (Å²) in [6.07, 6.45) is 0. The quantitative estimate of drug-likeness (QED) is 0.620. The molecule has 1 aromatic rings. The minimum Gasteiger partial charge on any atom is -0.465 e. The van der Waals surface area contributed by atoms with Crippen LogP contribution in [0.25, 0.3) is 0 Å². The van der Waals surface area contributed by atoms with Gasteiger partial charge in [0.15, 0.2) is 0 Å². The van der Waals surface area contributed by atoms with Crippen molar-refractivity contribution >= 4 is 17.9 Å². The second-order valence-corrected chi connectivity index (χ2v) is 4.98. The summed E-state index contributed by atoms with van der Waals surface area (Å²) in [6, 6.07) is 8.44. The highest BCUT2D eigenvalue weighted by atomic mass is 16.5. The van der Waals surface area contributed by atoms with E-state index in [0.717, 1.165) is 4.90 Å². The van der Waals surface area contributed by atoms with Crippen LogP contribution in [0, 0.1) is 0 Å². The van der Waals surface area contributed by atoms with Crippen molar-refractivity contribution in [2.75, 3.05) is 20.2 Å². The molecule has 6 heteroatoms. The average Bonchev–Trinajstić information content (AvgIpc) is 2.65. The third-order valence-corrected chi connectivity index (χ3v) is 3.71. The molecule has 1 atom stereocenters. The summed E-state index contributed by atoms with van der Waals surface area (Å²) in [5.74, 6) is -0.890. The van der Waals surface area contributed by atoms with Gasteiger partial charge in [0.05, 0.1) is 6.61 Å². The van der Waals surface area contributed by atoms with Crippen molar-refractivity contribution in [1.29, 1.82) is 0 Å². The molecule has 2 rings (SSSR count). The van der Waals surface area contributed by atoms with Crippen LogP contribution in [0.15, 0.2) is 30.3 Å². The molecular formula is C15H18N2O4. The number of esters is 1. The van der Waals surface area contributed by atoms with E-state index >= 15 is 0 Å². The van der Waals surface area contributed by atoms with Gasteiger partial charge in [-0.1, -0.05) is 30.3 Å². The van der Waals surface area contributed by atoms with Gasteiger partial charge in [0.2, 0.25) is 0 Å². The van der Waals surface area contributed by atoms with Crippen molar-refractivity contribution in [3.63, 3.8) is 0 Å². The predicted octanol–water partition coefficient (Wildman–Crippen LogP) is 1.36. The van der Waals surface area contributed by atoms with Crippen LogP contribution in [0.1, 0.15) is 19.4 Å². The number of carbonyl (C=O) groups is 3. The lowest BCUT2D eigenvalue weighted by Crippen LogP contribution is -2.47. The zero-order valence-electron chi connectivity index (χ0n) is 12.3. The van der Waals surface area contributed by atoms with Crippen molar-refractivity contribution in [3.05, 3.63) is 35.9 Å². The standard InChI is InChI=1S/C15H18N2O4/c1-4-21-12(18)10-17-14(20)16(3)13(19)15(17,2)11-8-6-5-7-9-11/h5-9H,4,10H2,1-3H3. The highest BCUT2D eigenvalue weighted by molar-refractivity contribution is 6.07. The first kappa shape index (κ1) is 15.0. The monoisotopic (exact) mass is 290 g/mol. The molecule has 21 heavy (non-hydrogen) atoms. The fraction of sp³-hybridized carbons (Fsp3) is 0.400. The molecule has 3 amide bonds. The third kappa shape index (κ3) is 2.37. The highest BCUT2D eigenvalue weighted by Crippen LogP contribution is 2.36. The Bertz CT molecular complexity index is 572. The van der Waals surface area contributed by atoms with Gasteiger partial charge in [-0.2, -0.15) is 0 Å². The first-order valence-corrected chi connectivity index (χ1v) is 6.73. The maximum Gasteiger partial charge on any atom is 0.328 e. The smallest absolute Gasteiger partial charge is 0.328 e. The van der Waals surface area contributed by atoms with E-state index in [4.69, 9.17) is 4.74 Å². The summed E-state index contributed by atoms with van der Waals surface area (Å²) < 4.78 is 4.89. The zero-order chi connectivity index (χ0) is 15.6. The summed E-state index contributed by atoms with van der Waals surface area (Å²) in [6.45, 7) is 3.31. The maximum atomic E-state index is 12.5. The van der Waals surface area contributed by atoms with Gasteiger partial charge in [-0.25, -0.2) is 4.79 Å². The van der Waals surface area contributed by atoms with Gasteiger partial charge in [0.25, 0.3) is 5.91 Å². The lowest BCUT2D eigenvalue weighted by Gasteiger charge is -2.31. The largest absolute Gasteiger partial charge is 0.465 e. The van der Waals surface area contributed by atoms with Crippen LogP contribution in [0.4, 0.5) is 4.79 Å². The Morgan fingerprint density at radius 1 is 1.24 bits per heavy atom. The van der Waals surface area contributed by atoms with Crippen LogP contribution in [0.5, 0.6) is 0 Å². The number of rotatable bonds is 4. The van der Waals surface area contributed by atoms with Crippen molar-refractivity contribution in [1.82, 2.24) is 9.80 Å². The number of hydrogen-bond acceptors (Lipinski definition) is 4. The molecule has 0 N–H and O–H groups in total. The number of hydrogen-bond donors (Lipinski definition) is 0. The normalized spacial score (nSPS) is 21.9. The summed E-state index contributed by atoms with van der Waals surface area (Å²) >= 11 is 0. The van der Waals surface area contributed by atoms with Crippen molar-refractivity contribution < 1.29 is 19.1 Å². The van der Waals surface area contributed by atoms with Gasteiger partial charge in [-0.3, -0.25) is 19.4 Å². The van der Waals surface area contributed by atoms with Crippen molar-refractivity contribution in [2.24, 2.45) is 0 Å². The topological polar surface area (TPSA) is 66.9 Å². The summed E-state index contributed by atoms with van der Waals surface area (Å²) in [5, 5.41) is 0. The molecule has 0 aliphatic carbocycles. The Balaban J connectivity index is 2.42. The van der Waals surface area contributed by atoms with Crippen molar-refractivity contribution in [3.8, 4) is 0 Å². The molecule has 1 aliphatic heterocycles. The number of amides is 3. The predicted molar refractivity (Wildman–Crippen MR) is 75.3 cm³/mol. The second kappa shape index (κ2) is 5.55. The molecular weight excluding hydrogens is 272 g/mol. The average molecular weight is 290 g/mol. The van der Waals surface area contributed by atoms with Gasteiger partial charge in [0.1, 0.15) is 12.1 Å². The first-order valence-electron chi connectivity index (χ1n) is 6.73. The second-order valence-electron chi connectivity index (χ2n) is 4.98. The van der Waals surface area contributed by atoms with E-state index in [0.29, 0.717) is 5.56 Å². The van der Waals surface area contributed by atoms with Crippen LogP contribution >= 0.6 is 0 Å². The van der Waals surface area contributed by atoms with Gasteiger partial charge >= 0.3 is 12.0 Å². The molecule has 0 radical (unpaired) electrons. The number of likely N-dealkylation sites (N-methyl/N-ethyl adjacent to an activating group) is 1. The van der Waals surface area contributed by atoms with Crippen LogP contribution in [0.3, 0.4) is 0 Å². The molecule has 1 saturated heterocycles. The SMILES string of the molecule is CCOC(=O)CN1C(=O)N(C)C(=O)C1(C)c1ccccc1. The Kier molecular flexibility index (Phi) is 3.97. The highest BCUT2D eigenvalue weighted by Gasteiger charge is 2.54. The molecule has 1 unspecified atom stereocenters. The van der Waals surface area contributed by atoms with E-state index in [2.05, 4.69) is 0 Å². The lowest BCUT2D eigenvalue weighted by molar-refractivity contribution is -0.145. The van der Waals surface area contributed by atoms with Gasteiger partial charge < -0.3 is 4.74 Å². The number of benzene rings is 1. The van der Waals surface area contributed by atoms with Gasteiger partial charge in [-0.05, 0) is 19.4 Å². The first-order chi connectivity index (χ1) is 9.92. The fourth-order valence-electron chi connectivity index (χ4n) is 2.50. The van der Waals surface area contributed by atoms with Gasteiger partial charge in [0, 0.05) is 7.05 Å². The Hall–Kier alpha value is -2.37. The maximum absolute atomic E-state index is 12.5. The van der Waals surface area contributed by atoms with Crippen LogP contribution in [-0.4, -0.2) is 47.9 Å². The minimum absolute atomic E-state index is 0.229. The van der Waals surface area contributed by atoms with E-state index in [1.807, 2.05) is 6.07 Å². The molecule has 1 aromatic carbocycles. The van der Waals surface area contributed by atoms with E-state index in [-0.39, 0.29) is 19.1 Å². The number of ether oxygens (including phenoxy) is 1. The van der Waals surface area contributed by atoms with Crippen LogP contribution in [0.2, 0.25) is 0 Å². The van der Waals surface area contributed by atoms with Crippen molar-refractivity contribution in [2.45, 2.75) is 19.4 Å². The van der Waals surface area contributed by atoms with E-state index in [1.54, 1.807) is 38.1 Å². The molecule has 112 valence electrons. The molecule has 0 bridgehead atoms. The van der Waals surface area contributed by atoms with Crippen LogP contribution < -0.4 is 0 Å². The molecule has 1 heterocycles. The minimum atomic E-state index is -1.19.